The van der Waals surface area contributed by atoms with Crippen molar-refractivity contribution in [1.29, 1.82) is 0 Å². The molecule has 1 aromatic rings. The first-order valence-corrected chi connectivity index (χ1v) is 3.76. The number of aryl methyl sites for hydroxylation is 1. The molecule has 1 rings (SSSR count). The van der Waals surface area contributed by atoms with Gasteiger partial charge in [0, 0.05) is 6.20 Å². The molecule has 0 spiro atoms. The summed E-state index contributed by atoms with van der Waals surface area (Å²) in [6.45, 7) is 1.75. The predicted octanol–water partition coefficient (Wildman–Crippen LogP) is 0.570. The summed E-state index contributed by atoms with van der Waals surface area (Å²) in [7, 11) is 0. The molecule has 0 saturated carbocycles. The monoisotopic (exact) mass is 173 g/mol. The number of aromatic nitrogens is 1. The SMILES string of the molecule is Cc1ncc(C(O)C(=O)O)s1. The number of carbonyl (C=O) groups is 1. The molecule has 0 amide bonds. The summed E-state index contributed by atoms with van der Waals surface area (Å²) in [5.74, 6) is -1.24. The number of rotatable bonds is 2. The van der Waals surface area contributed by atoms with Crippen molar-refractivity contribution in [2.45, 2.75) is 13.0 Å². The third kappa shape index (κ3) is 1.75. The van der Waals surface area contributed by atoms with Gasteiger partial charge in [-0.3, -0.25) is 0 Å². The number of nitrogens with zero attached hydrogens (tertiary/aromatic N) is 1. The van der Waals surface area contributed by atoms with Crippen molar-refractivity contribution < 1.29 is 15.0 Å². The molecule has 60 valence electrons. The predicted molar refractivity (Wildman–Crippen MR) is 39.4 cm³/mol. The number of carboxylic acid groups (broad SMARTS) is 1. The Labute approximate surface area is 67.1 Å². The van der Waals surface area contributed by atoms with E-state index in [9.17, 15) is 4.79 Å². The van der Waals surface area contributed by atoms with Crippen LogP contribution < -0.4 is 0 Å². The van der Waals surface area contributed by atoms with Crippen molar-refractivity contribution in [2.24, 2.45) is 0 Å². The molecule has 11 heavy (non-hydrogen) atoms. The fraction of sp³-hybridized carbons (Fsp3) is 0.333. The van der Waals surface area contributed by atoms with E-state index in [2.05, 4.69) is 4.98 Å². The normalized spacial score (nSPS) is 12.9. The molecule has 1 unspecified atom stereocenters. The Hall–Kier alpha value is -0.940. The van der Waals surface area contributed by atoms with Crippen molar-refractivity contribution in [1.82, 2.24) is 4.98 Å². The van der Waals surface area contributed by atoms with Crippen LogP contribution in [0.5, 0.6) is 0 Å². The van der Waals surface area contributed by atoms with Crippen molar-refractivity contribution in [3.8, 4) is 0 Å². The van der Waals surface area contributed by atoms with Crippen LogP contribution in [0.15, 0.2) is 6.20 Å². The minimum Gasteiger partial charge on any atom is -0.479 e. The van der Waals surface area contributed by atoms with Crippen LogP contribution in [0, 0.1) is 6.92 Å². The van der Waals surface area contributed by atoms with Gasteiger partial charge < -0.3 is 10.2 Å². The number of hydrogen-bond acceptors (Lipinski definition) is 4. The smallest absolute Gasteiger partial charge is 0.338 e. The van der Waals surface area contributed by atoms with Crippen LogP contribution in [0.1, 0.15) is 16.0 Å². The Morgan fingerprint density at radius 3 is 2.82 bits per heavy atom. The van der Waals surface area contributed by atoms with E-state index in [1.807, 2.05) is 0 Å². The maximum atomic E-state index is 10.2. The van der Waals surface area contributed by atoms with Gasteiger partial charge >= 0.3 is 5.97 Å². The highest BCUT2D eigenvalue weighted by molar-refractivity contribution is 7.11. The minimum atomic E-state index is -1.43. The second kappa shape index (κ2) is 2.98. The summed E-state index contributed by atoms with van der Waals surface area (Å²) >= 11 is 1.18. The lowest BCUT2D eigenvalue weighted by Gasteiger charge is -1.98. The molecule has 1 heterocycles. The number of aliphatic hydroxyl groups excluding tert-OH is 1. The second-order valence-electron chi connectivity index (χ2n) is 2.02. The Balaban J connectivity index is 2.84. The van der Waals surface area contributed by atoms with E-state index in [1.54, 1.807) is 6.92 Å². The van der Waals surface area contributed by atoms with E-state index < -0.39 is 12.1 Å². The molecule has 0 aliphatic rings. The zero-order valence-corrected chi connectivity index (χ0v) is 6.63. The molecule has 0 aliphatic heterocycles. The Morgan fingerprint density at radius 1 is 1.82 bits per heavy atom. The van der Waals surface area contributed by atoms with Gasteiger partial charge in [0.1, 0.15) is 0 Å². The van der Waals surface area contributed by atoms with Crippen LogP contribution in [0.25, 0.3) is 0 Å². The van der Waals surface area contributed by atoms with Gasteiger partial charge in [-0.1, -0.05) is 0 Å². The summed E-state index contributed by atoms with van der Waals surface area (Å²) in [5.41, 5.74) is 0. The van der Waals surface area contributed by atoms with Crippen molar-refractivity contribution in [3.63, 3.8) is 0 Å². The van der Waals surface area contributed by atoms with Gasteiger partial charge in [0.2, 0.25) is 0 Å². The number of thiazole rings is 1. The first kappa shape index (κ1) is 8.16. The lowest BCUT2D eigenvalue weighted by Crippen LogP contribution is -2.08. The van der Waals surface area contributed by atoms with Gasteiger partial charge in [0.05, 0.1) is 9.88 Å². The van der Waals surface area contributed by atoms with Gasteiger partial charge in [0.25, 0.3) is 0 Å². The van der Waals surface area contributed by atoms with E-state index in [-0.39, 0.29) is 0 Å². The molecule has 2 N–H and O–H groups in total. The molecule has 0 bridgehead atoms. The quantitative estimate of drug-likeness (QED) is 0.685. The van der Waals surface area contributed by atoms with E-state index in [0.29, 0.717) is 4.88 Å². The van der Waals surface area contributed by atoms with Gasteiger partial charge in [-0.25, -0.2) is 9.78 Å². The average Bonchev–Trinajstić information content (AvgIpc) is 2.34. The van der Waals surface area contributed by atoms with E-state index in [0.717, 1.165) is 5.01 Å². The van der Waals surface area contributed by atoms with Crippen LogP contribution in [-0.2, 0) is 4.79 Å². The highest BCUT2D eigenvalue weighted by Gasteiger charge is 2.17. The Morgan fingerprint density at radius 2 is 2.45 bits per heavy atom. The maximum Gasteiger partial charge on any atom is 0.338 e. The van der Waals surface area contributed by atoms with Crippen LogP contribution in [-0.4, -0.2) is 21.2 Å². The van der Waals surface area contributed by atoms with Crippen molar-refractivity contribution >= 4 is 17.3 Å². The van der Waals surface area contributed by atoms with Gasteiger partial charge in [0.15, 0.2) is 6.10 Å². The zero-order chi connectivity index (χ0) is 8.43. The topological polar surface area (TPSA) is 70.4 Å². The van der Waals surface area contributed by atoms with Crippen molar-refractivity contribution in [2.75, 3.05) is 0 Å². The lowest BCUT2D eigenvalue weighted by molar-refractivity contribution is -0.146. The molecule has 0 fully saturated rings. The largest absolute Gasteiger partial charge is 0.479 e. The summed E-state index contributed by atoms with van der Waals surface area (Å²) in [6, 6.07) is 0. The van der Waals surface area contributed by atoms with Crippen molar-refractivity contribution in [3.05, 3.63) is 16.1 Å². The van der Waals surface area contributed by atoms with Gasteiger partial charge in [-0.2, -0.15) is 0 Å². The molecule has 0 aliphatic carbocycles. The third-order valence-corrected chi connectivity index (χ3v) is 2.11. The Kier molecular flexibility index (Phi) is 2.21. The molecular formula is C6H7NO3S. The lowest BCUT2D eigenvalue weighted by atomic mass is 10.3. The van der Waals surface area contributed by atoms with Crippen LogP contribution in [0.3, 0.4) is 0 Å². The molecule has 1 aromatic heterocycles. The number of aliphatic carboxylic acids is 1. The molecule has 5 heteroatoms. The molecular weight excluding hydrogens is 166 g/mol. The summed E-state index contributed by atoms with van der Waals surface area (Å²) in [4.78, 5) is 14.4. The van der Waals surface area contributed by atoms with E-state index in [1.165, 1.54) is 17.5 Å². The first-order valence-electron chi connectivity index (χ1n) is 2.94. The van der Waals surface area contributed by atoms with E-state index >= 15 is 0 Å². The molecule has 0 aromatic carbocycles. The highest BCUT2D eigenvalue weighted by Crippen LogP contribution is 2.19. The molecule has 0 saturated heterocycles. The third-order valence-electron chi connectivity index (χ3n) is 1.14. The summed E-state index contributed by atoms with van der Waals surface area (Å²) in [6.07, 6.45) is -0.0556. The standard InChI is InChI=1S/C6H7NO3S/c1-3-7-2-4(11-3)5(8)6(9)10/h2,5,8H,1H3,(H,9,10). The number of carboxylic acids is 1. The fourth-order valence-electron chi connectivity index (χ4n) is 0.626. The minimum absolute atomic E-state index is 0.370. The summed E-state index contributed by atoms with van der Waals surface area (Å²) < 4.78 is 0. The molecule has 0 radical (unpaired) electrons. The molecule has 1 atom stereocenters. The Bertz CT molecular complexity index is 271. The fourth-order valence-corrected chi connectivity index (χ4v) is 1.39. The molecule has 4 nitrogen and oxygen atoms in total. The van der Waals surface area contributed by atoms with Gasteiger partial charge in [-0.05, 0) is 6.92 Å². The van der Waals surface area contributed by atoms with Crippen LogP contribution in [0.4, 0.5) is 0 Å². The summed E-state index contributed by atoms with van der Waals surface area (Å²) in [5, 5.41) is 18.1. The van der Waals surface area contributed by atoms with Gasteiger partial charge in [-0.15, -0.1) is 11.3 Å². The van der Waals surface area contributed by atoms with E-state index in [4.69, 9.17) is 10.2 Å². The zero-order valence-electron chi connectivity index (χ0n) is 5.81. The first-order chi connectivity index (χ1) is 5.11. The number of hydrogen-bond donors (Lipinski definition) is 2. The average molecular weight is 173 g/mol. The number of aliphatic hydroxyl groups is 1. The second-order valence-corrected chi connectivity index (χ2v) is 3.29. The van der Waals surface area contributed by atoms with Crippen LogP contribution >= 0.6 is 11.3 Å². The highest BCUT2D eigenvalue weighted by atomic mass is 32.1. The van der Waals surface area contributed by atoms with Crippen LogP contribution in [0.2, 0.25) is 0 Å². The maximum absolute atomic E-state index is 10.2.